The molecule has 0 aliphatic carbocycles. The Bertz CT molecular complexity index is 449. The van der Waals surface area contributed by atoms with E-state index in [0.29, 0.717) is 18.8 Å². The first-order valence-corrected chi connectivity index (χ1v) is 7.31. The summed E-state index contributed by atoms with van der Waals surface area (Å²) in [7, 11) is 0. The van der Waals surface area contributed by atoms with E-state index in [1.165, 1.54) is 12.1 Å². The highest BCUT2D eigenvalue weighted by molar-refractivity contribution is 7.91. The fourth-order valence-corrected chi connectivity index (χ4v) is 1.75. The van der Waals surface area contributed by atoms with E-state index in [1.54, 1.807) is 12.3 Å². The zero-order valence-electron chi connectivity index (χ0n) is 11.2. The number of benzene rings is 1. The van der Waals surface area contributed by atoms with E-state index in [9.17, 15) is 8.94 Å². The molecule has 3 nitrogen and oxygen atoms in total. The monoisotopic (exact) mass is 305 g/mol. The number of nitrogens with zero attached hydrogens (tertiary/aromatic N) is 1. The molecule has 0 fully saturated rings. The topological polar surface area (TPSA) is 44.7 Å². The molecular weight excluding hydrogens is 289 g/mol. The van der Waals surface area contributed by atoms with Crippen LogP contribution in [0.5, 0.6) is 5.75 Å². The second-order valence-corrected chi connectivity index (χ2v) is 7.20. The Labute approximate surface area is 121 Å². The first-order valence-electron chi connectivity index (χ1n) is 5.83. The molecule has 0 amide bonds. The highest BCUT2D eigenvalue weighted by Crippen LogP contribution is 2.20. The summed E-state index contributed by atoms with van der Waals surface area (Å²) in [5.41, 5.74) is 0. The second-order valence-electron chi connectivity index (χ2n) is 4.86. The standard InChI is InChI=1S/C13H17ClFNO2S/c1-13(2,3)19(17)16-7-4-8-18-10-5-6-11(14)12(15)9-10/h5-7,9H,4,8H2,1-3H3/t19-/m1/s1. The van der Waals surface area contributed by atoms with Gasteiger partial charge in [0.2, 0.25) is 0 Å². The van der Waals surface area contributed by atoms with Gasteiger partial charge in [0.05, 0.1) is 17.8 Å². The zero-order chi connectivity index (χ0) is 14.5. The molecule has 0 N–H and O–H groups in total. The van der Waals surface area contributed by atoms with Crippen molar-refractivity contribution in [3.63, 3.8) is 0 Å². The zero-order valence-corrected chi connectivity index (χ0v) is 12.7. The molecule has 0 saturated heterocycles. The van der Waals surface area contributed by atoms with Crippen LogP contribution in [0.15, 0.2) is 22.6 Å². The van der Waals surface area contributed by atoms with Gasteiger partial charge in [-0.05, 0) is 32.9 Å². The van der Waals surface area contributed by atoms with Crippen molar-refractivity contribution in [3.8, 4) is 5.75 Å². The summed E-state index contributed by atoms with van der Waals surface area (Å²) in [5.74, 6) is -0.103. The molecule has 1 atom stereocenters. The maximum Gasteiger partial charge on any atom is 0.145 e. The molecule has 0 spiro atoms. The molecular formula is C13H17ClFNO2S. The summed E-state index contributed by atoms with van der Waals surface area (Å²) in [4.78, 5) is 0. The molecule has 1 rings (SSSR count). The van der Waals surface area contributed by atoms with Crippen LogP contribution in [0.4, 0.5) is 4.39 Å². The minimum atomic E-state index is -1.26. The predicted molar refractivity (Wildman–Crippen MR) is 77.9 cm³/mol. The van der Waals surface area contributed by atoms with Crippen molar-refractivity contribution in [1.29, 1.82) is 0 Å². The normalized spacial score (nSPS) is 13.8. The third-order valence-corrected chi connectivity index (χ3v) is 3.80. The molecule has 0 aliphatic heterocycles. The van der Waals surface area contributed by atoms with Gasteiger partial charge in [-0.3, -0.25) is 0 Å². The van der Waals surface area contributed by atoms with E-state index in [0.717, 1.165) is 0 Å². The maximum atomic E-state index is 13.1. The fourth-order valence-electron chi connectivity index (χ4n) is 1.07. The van der Waals surface area contributed by atoms with Crippen LogP contribution < -0.4 is 4.74 Å². The van der Waals surface area contributed by atoms with Gasteiger partial charge < -0.3 is 9.29 Å². The van der Waals surface area contributed by atoms with Crippen molar-refractivity contribution >= 4 is 29.2 Å². The number of hydrogen-bond donors (Lipinski definition) is 0. The van der Waals surface area contributed by atoms with Gasteiger partial charge in [-0.2, -0.15) is 0 Å². The molecule has 19 heavy (non-hydrogen) atoms. The summed E-state index contributed by atoms with van der Waals surface area (Å²) in [6.45, 7) is 5.90. The molecule has 0 bridgehead atoms. The quantitative estimate of drug-likeness (QED) is 0.472. The molecule has 1 aromatic carbocycles. The lowest BCUT2D eigenvalue weighted by Crippen LogP contribution is -2.25. The largest absolute Gasteiger partial charge is 0.591 e. The van der Waals surface area contributed by atoms with Crippen LogP contribution in [-0.4, -0.2) is 22.1 Å². The van der Waals surface area contributed by atoms with Gasteiger partial charge in [-0.15, -0.1) is 0 Å². The highest BCUT2D eigenvalue weighted by atomic mass is 35.5. The molecule has 106 valence electrons. The van der Waals surface area contributed by atoms with Crippen molar-refractivity contribution in [1.82, 2.24) is 0 Å². The van der Waals surface area contributed by atoms with E-state index in [4.69, 9.17) is 16.3 Å². The van der Waals surface area contributed by atoms with Gasteiger partial charge in [0.15, 0.2) is 0 Å². The lowest BCUT2D eigenvalue weighted by atomic mass is 10.3. The Kier molecular flexibility index (Phi) is 6.10. The van der Waals surface area contributed by atoms with E-state index >= 15 is 0 Å². The van der Waals surface area contributed by atoms with E-state index < -0.39 is 17.2 Å². The highest BCUT2D eigenvalue weighted by Gasteiger charge is 2.25. The van der Waals surface area contributed by atoms with Crippen LogP contribution in [0.3, 0.4) is 0 Å². The first kappa shape index (κ1) is 16.3. The molecule has 0 aliphatic rings. The van der Waals surface area contributed by atoms with Crippen molar-refractivity contribution in [2.75, 3.05) is 6.61 Å². The Hall–Kier alpha value is -0.780. The Morgan fingerprint density at radius 1 is 1.47 bits per heavy atom. The number of hydrogen-bond acceptors (Lipinski definition) is 3. The minimum absolute atomic E-state index is 0.0643. The van der Waals surface area contributed by atoms with Crippen molar-refractivity contribution in [2.45, 2.75) is 31.9 Å². The van der Waals surface area contributed by atoms with E-state index in [1.807, 2.05) is 20.8 Å². The third kappa shape index (κ3) is 5.80. The number of halogens is 2. The summed E-state index contributed by atoms with van der Waals surface area (Å²) >= 11 is 4.30. The van der Waals surface area contributed by atoms with Crippen molar-refractivity contribution in [2.24, 2.45) is 4.40 Å². The first-order chi connectivity index (χ1) is 8.80. The molecule has 6 heteroatoms. The van der Waals surface area contributed by atoms with E-state index in [2.05, 4.69) is 4.40 Å². The fraction of sp³-hybridized carbons (Fsp3) is 0.462. The third-order valence-electron chi connectivity index (χ3n) is 2.10. The predicted octanol–water partition coefficient (Wildman–Crippen LogP) is 3.78. The molecule has 0 unspecified atom stereocenters. The molecule has 0 heterocycles. The lowest BCUT2D eigenvalue weighted by Gasteiger charge is -2.17. The van der Waals surface area contributed by atoms with Gasteiger partial charge in [0.25, 0.3) is 0 Å². The average molecular weight is 306 g/mol. The van der Waals surface area contributed by atoms with Gasteiger partial charge in [0, 0.05) is 12.5 Å². The van der Waals surface area contributed by atoms with Crippen LogP contribution in [0, 0.1) is 5.82 Å². The van der Waals surface area contributed by atoms with Crippen LogP contribution in [-0.2, 0) is 11.4 Å². The second kappa shape index (κ2) is 7.12. The van der Waals surface area contributed by atoms with Gasteiger partial charge in [-0.1, -0.05) is 16.0 Å². The summed E-state index contributed by atoms with van der Waals surface area (Å²) < 4.78 is 33.6. The van der Waals surface area contributed by atoms with Crippen LogP contribution in [0.2, 0.25) is 5.02 Å². The Balaban J connectivity index is 2.35. The molecule has 0 radical (unpaired) electrons. The van der Waals surface area contributed by atoms with Crippen LogP contribution in [0.1, 0.15) is 27.2 Å². The molecule has 0 saturated carbocycles. The molecule has 1 aromatic rings. The average Bonchev–Trinajstić information content (AvgIpc) is 2.31. The smallest absolute Gasteiger partial charge is 0.145 e. The number of ether oxygens (including phenoxy) is 1. The van der Waals surface area contributed by atoms with Crippen molar-refractivity contribution < 1.29 is 13.7 Å². The lowest BCUT2D eigenvalue weighted by molar-refractivity contribution is 0.328. The van der Waals surface area contributed by atoms with Crippen molar-refractivity contribution in [3.05, 3.63) is 29.0 Å². The van der Waals surface area contributed by atoms with Crippen LogP contribution in [0.25, 0.3) is 0 Å². The maximum absolute atomic E-state index is 13.1. The summed E-state index contributed by atoms with van der Waals surface area (Å²) in [5, 5.41) is 0.0643. The summed E-state index contributed by atoms with van der Waals surface area (Å²) in [6, 6.07) is 4.26. The number of rotatable bonds is 5. The van der Waals surface area contributed by atoms with Gasteiger partial charge in [-0.25, -0.2) is 4.39 Å². The van der Waals surface area contributed by atoms with E-state index in [-0.39, 0.29) is 9.77 Å². The Morgan fingerprint density at radius 3 is 2.74 bits per heavy atom. The SMILES string of the molecule is CC(C)(C)[S@@+]([O-])N=CCCOc1ccc(Cl)c(F)c1. The Morgan fingerprint density at radius 2 is 2.16 bits per heavy atom. The van der Waals surface area contributed by atoms with Gasteiger partial charge in [0.1, 0.15) is 27.7 Å². The van der Waals surface area contributed by atoms with Gasteiger partial charge >= 0.3 is 0 Å². The minimum Gasteiger partial charge on any atom is -0.591 e. The summed E-state index contributed by atoms with van der Waals surface area (Å²) in [6.07, 6.45) is 2.07. The molecule has 0 aromatic heterocycles. The van der Waals surface area contributed by atoms with Crippen LogP contribution >= 0.6 is 11.6 Å².